The summed E-state index contributed by atoms with van der Waals surface area (Å²) >= 11 is 5.82. The predicted molar refractivity (Wildman–Crippen MR) is 97.7 cm³/mol. The molecule has 0 spiro atoms. The molecule has 0 atom stereocenters. The first-order valence-corrected chi connectivity index (χ1v) is 8.20. The smallest absolute Gasteiger partial charge is 0.343 e. The van der Waals surface area contributed by atoms with Crippen molar-refractivity contribution in [3.8, 4) is 16.9 Å². The van der Waals surface area contributed by atoms with Gasteiger partial charge >= 0.3 is 5.97 Å². The molecule has 0 bridgehead atoms. The summed E-state index contributed by atoms with van der Waals surface area (Å²) in [5.74, 6) is 0.0915. The highest BCUT2D eigenvalue weighted by Gasteiger charge is 2.09. The van der Waals surface area contributed by atoms with E-state index in [0.717, 1.165) is 17.5 Å². The highest BCUT2D eigenvalue weighted by molar-refractivity contribution is 6.30. The minimum atomic E-state index is -0.384. The van der Waals surface area contributed by atoms with Gasteiger partial charge in [-0.2, -0.15) is 0 Å². The van der Waals surface area contributed by atoms with Crippen LogP contribution in [0.25, 0.3) is 11.1 Å². The van der Waals surface area contributed by atoms with Crippen molar-refractivity contribution in [2.75, 3.05) is 0 Å². The van der Waals surface area contributed by atoms with Crippen LogP contribution >= 0.6 is 11.6 Å². The van der Waals surface area contributed by atoms with Crippen molar-refractivity contribution in [2.24, 2.45) is 0 Å². The van der Waals surface area contributed by atoms with Crippen molar-refractivity contribution in [3.63, 3.8) is 0 Å². The number of ether oxygens (including phenoxy) is 1. The number of carbonyl (C=O) groups is 1. The molecule has 0 unspecified atom stereocenters. The lowest BCUT2D eigenvalue weighted by Crippen LogP contribution is -2.08. The lowest BCUT2D eigenvalue weighted by atomic mass is 10.0. The Morgan fingerprint density at radius 3 is 1.92 bits per heavy atom. The lowest BCUT2D eigenvalue weighted by Gasteiger charge is -2.06. The zero-order chi connectivity index (χ0) is 16.9. The Bertz CT molecular complexity index is 819. The first-order chi connectivity index (χ1) is 11.7. The van der Waals surface area contributed by atoms with Gasteiger partial charge in [0.05, 0.1) is 5.56 Å². The summed E-state index contributed by atoms with van der Waals surface area (Å²) in [6.45, 7) is 2.14. The quantitative estimate of drug-likeness (QED) is 0.445. The SMILES string of the molecule is CCc1ccc(-c2ccc(C(=O)Oc3ccc(Cl)cc3)cc2)cc1. The molecule has 3 heteroatoms. The van der Waals surface area contributed by atoms with Gasteiger partial charge in [0.1, 0.15) is 5.75 Å². The number of hydrogen-bond acceptors (Lipinski definition) is 2. The predicted octanol–water partition coefficient (Wildman–Crippen LogP) is 5.79. The van der Waals surface area contributed by atoms with Crippen LogP contribution in [0.2, 0.25) is 5.02 Å². The molecule has 2 nitrogen and oxygen atoms in total. The summed E-state index contributed by atoms with van der Waals surface area (Å²) in [6.07, 6.45) is 1.02. The number of rotatable bonds is 4. The number of halogens is 1. The van der Waals surface area contributed by atoms with Gasteiger partial charge in [-0.25, -0.2) is 4.79 Å². The van der Waals surface area contributed by atoms with Crippen LogP contribution in [0, 0.1) is 0 Å². The monoisotopic (exact) mass is 336 g/mol. The fourth-order valence-corrected chi connectivity index (χ4v) is 2.53. The van der Waals surface area contributed by atoms with Gasteiger partial charge < -0.3 is 4.74 Å². The maximum Gasteiger partial charge on any atom is 0.343 e. The second-order valence-corrected chi connectivity index (χ2v) is 5.91. The fraction of sp³-hybridized carbons (Fsp3) is 0.0952. The number of aryl methyl sites for hydroxylation is 1. The van der Waals surface area contributed by atoms with Gasteiger partial charge in [-0.1, -0.05) is 54.9 Å². The van der Waals surface area contributed by atoms with E-state index in [2.05, 4.69) is 31.2 Å². The number of hydrogen-bond donors (Lipinski definition) is 0. The molecule has 0 heterocycles. The lowest BCUT2D eigenvalue weighted by molar-refractivity contribution is 0.0735. The molecule has 0 fully saturated rings. The van der Waals surface area contributed by atoms with Crippen molar-refractivity contribution in [1.29, 1.82) is 0 Å². The second kappa shape index (κ2) is 7.33. The molecule has 0 amide bonds. The van der Waals surface area contributed by atoms with Crippen LogP contribution in [-0.2, 0) is 6.42 Å². The molecule has 0 aliphatic heterocycles. The van der Waals surface area contributed by atoms with E-state index in [4.69, 9.17) is 16.3 Å². The van der Waals surface area contributed by atoms with E-state index >= 15 is 0 Å². The van der Waals surface area contributed by atoms with E-state index in [1.165, 1.54) is 5.56 Å². The third kappa shape index (κ3) is 3.84. The summed E-state index contributed by atoms with van der Waals surface area (Å²) in [6, 6.07) is 22.6. The summed E-state index contributed by atoms with van der Waals surface area (Å²) in [5, 5.41) is 0.605. The Hall–Kier alpha value is -2.58. The van der Waals surface area contributed by atoms with E-state index < -0.39 is 0 Å². The summed E-state index contributed by atoms with van der Waals surface area (Å²) in [5.41, 5.74) is 4.02. The summed E-state index contributed by atoms with van der Waals surface area (Å²) in [4.78, 5) is 12.2. The Kier molecular flexibility index (Phi) is 4.97. The van der Waals surface area contributed by atoms with Crippen molar-refractivity contribution in [3.05, 3.63) is 88.9 Å². The molecular weight excluding hydrogens is 320 g/mol. The number of carbonyl (C=O) groups excluding carboxylic acids is 1. The van der Waals surface area contributed by atoms with Crippen molar-refractivity contribution in [2.45, 2.75) is 13.3 Å². The summed E-state index contributed by atoms with van der Waals surface area (Å²) in [7, 11) is 0. The van der Waals surface area contributed by atoms with Crippen LogP contribution in [0.3, 0.4) is 0 Å². The Balaban J connectivity index is 1.73. The van der Waals surface area contributed by atoms with Gasteiger partial charge in [-0.15, -0.1) is 0 Å². The molecule has 120 valence electrons. The molecule has 0 radical (unpaired) electrons. The first-order valence-electron chi connectivity index (χ1n) is 7.83. The van der Waals surface area contributed by atoms with Gasteiger partial charge in [0.25, 0.3) is 0 Å². The Morgan fingerprint density at radius 2 is 1.38 bits per heavy atom. The minimum Gasteiger partial charge on any atom is -0.423 e. The van der Waals surface area contributed by atoms with E-state index in [1.54, 1.807) is 36.4 Å². The molecule has 3 rings (SSSR count). The normalized spacial score (nSPS) is 10.4. The van der Waals surface area contributed by atoms with Crippen LogP contribution in [0.5, 0.6) is 5.75 Å². The largest absolute Gasteiger partial charge is 0.423 e. The fourth-order valence-electron chi connectivity index (χ4n) is 2.40. The van der Waals surface area contributed by atoms with Gasteiger partial charge in [-0.3, -0.25) is 0 Å². The van der Waals surface area contributed by atoms with Gasteiger partial charge in [0, 0.05) is 5.02 Å². The average molecular weight is 337 g/mol. The standard InChI is InChI=1S/C21H17ClO2/c1-2-15-3-5-16(6-4-15)17-7-9-18(10-8-17)21(23)24-20-13-11-19(22)12-14-20/h3-14H,2H2,1H3. The summed E-state index contributed by atoms with van der Waals surface area (Å²) < 4.78 is 5.33. The first kappa shape index (κ1) is 16.3. The third-order valence-corrected chi connectivity index (χ3v) is 4.09. The van der Waals surface area contributed by atoms with Crippen LogP contribution in [0.15, 0.2) is 72.8 Å². The molecule has 0 N–H and O–H groups in total. The molecule has 3 aromatic carbocycles. The molecular formula is C21H17ClO2. The molecule has 3 aromatic rings. The molecule has 24 heavy (non-hydrogen) atoms. The van der Waals surface area contributed by atoms with E-state index in [9.17, 15) is 4.79 Å². The second-order valence-electron chi connectivity index (χ2n) is 5.47. The average Bonchev–Trinajstić information content (AvgIpc) is 2.64. The zero-order valence-corrected chi connectivity index (χ0v) is 14.1. The van der Waals surface area contributed by atoms with Crippen molar-refractivity contribution < 1.29 is 9.53 Å². The highest BCUT2D eigenvalue weighted by atomic mass is 35.5. The van der Waals surface area contributed by atoms with Gasteiger partial charge in [-0.05, 0) is 59.5 Å². The number of benzene rings is 3. The molecule has 0 saturated heterocycles. The van der Waals surface area contributed by atoms with Gasteiger partial charge in [0.2, 0.25) is 0 Å². The molecule has 0 aliphatic carbocycles. The molecule has 0 aliphatic rings. The van der Waals surface area contributed by atoms with E-state index in [0.29, 0.717) is 16.3 Å². The zero-order valence-electron chi connectivity index (χ0n) is 13.3. The topological polar surface area (TPSA) is 26.3 Å². The highest BCUT2D eigenvalue weighted by Crippen LogP contribution is 2.22. The van der Waals surface area contributed by atoms with E-state index in [-0.39, 0.29) is 5.97 Å². The van der Waals surface area contributed by atoms with Gasteiger partial charge in [0.15, 0.2) is 0 Å². The van der Waals surface area contributed by atoms with Crippen molar-refractivity contribution in [1.82, 2.24) is 0 Å². The minimum absolute atomic E-state index is 0.384. The van der Waals surface area contributed by atoms with Crippen LogP contribution in [0.1, 0.15) is 22.8 Å². The van der Waals surface area contributed by atoms with E-state index in [1.807, 2.05) is 12.1 Å². The number of esters is 1. The Morgan fingerprint density at radius 1 is 0.833 bits per heavy atom. The molecule has 0 aromatic heterocycles. The van der Waals surface area contributed by atoms with Crippen molar-refractivity contribution >= 4 is 17.6 Å². The van der Waals surface area contributed by atoms with Crippen LogP contribution in [-0.4, -0.2) is 5.97 Å². The van der Waals surface area contributed by atoms with Crippen LogP contribution in [0.4, 0.5) is 0 Å². The maximum atomic E-state index is 12.2. The maximum absolute atomic E-state index is 12.2. The Labute approximate surface area is 146 Å². The third-order valence-electron chi connectivity index (χ3n) is 3.84. The molecule has 0 saturated carbocycles. The van der Waals surface area contributed by atoms with Crippen LogP contribution < -0.4 is 4.74 Å².